The Hall–Kier alpha value is -0.760. The van der Waals surface area contributed by atoms with Crippen molar-refractivity contribution in [3.05, 3.63) is 35.9 Å². The van der Waals surface area contributed by atoms with Crippen LogP contribution in [0.3, 0.4) is 0 Å². The lowest BCUT2D eigenvalue weighted by Crippen LogP contribution is -2.45. The molecule has 0 amide bonds. The smallest absolute Gasteiger partial charge is 0.259 e. The zero-order valence-corrected chi connectivity index (χ0v) is 14.5. The molecule has 0 aromatic heterocycles. The van der Waals surface area contributed by atoms with Gasteiger partial charge < -0.3 is 0 Å². The van der Waals surface area contributed by atoms with Crippen LogP contribution in [0.25, 0.3) is 0 Å². The van der Waals surface area contributed by atoms with E-state index in [2.05, 4.69) is 11.6 Å². The molecule has 0 aliphatic carbocycles. The Bertz CT molecular complexity index is 582. The molecule has 1 fully saturated rings. The molecule has 0 bridgehead atoms. The van der Waals surface area contributed by atoms with Crippen LogP contribution in [0.2, 0.25) is 0 Å². The molecule has 1 aliphatic rings. The summed E-state index contributed by atoms with van der Waals surface area (Å²) in [5.74, 6) is 1.38. The van der Waals surface area contributed by atoms with E-state index in [1.54, 1.807) is 0 Å². The molecule has 0 saturated carbocycles. The summed E-state index contributed by atoms with van der Waals surface area (Å²) in [6.07, 6.45) is 1.81. The van der Waals surface area contributed by atoms with E-state index in [9.17, 15) is 12.6 Å². The molecule has 1 aromatic carbocycles. The van der Waals surface area contributed by atoms with Gasteiger partial charge in [0.05, 0.1) is 0 Å². The van der Waals surface area contributed by atoms with Crippen molar-refractivity contribution in [2.24, 2.45) is 5.92 Å². The van der Waals surface area contributed by atoms with Crippen molar-refractivity contribution in [3.63, 3.8) is 0 Å². The average molecular weight is 345 g/mol. The van der Waals surface area contributed by atoms with E-state index < -0.39 is 21.0 Å². The Morgan fingerprint density at radius 2 is 1.86 bits per heavy atom. The lowest BCUT2D eigenvalue weighted by Gasteiger charge is -2.29. The number of rotatable bonds is 7. The number of hydrogen-bond acceptors (Lipinski definition) is 3. The van der Waals surface area contributed by atoms with Crippen LogP contribution in [0, 0.1) is 5.92 Å². The molecule has 1 N–H and O–H groups in total. The topological polar surface area (TPSA) is 66.5 Å². The van der Waals surface area contributed by atoms with E-state index >= 15 is 0 Å². The minimum Gasteiger partial charge on any atom is -0.259 e. The minimum atomic E-state index is -3.43. The monoisotopic (exact) mass is 344 g/mol. The maximum Gasteiger partial charge on any atom is 0.279 e. The third-order valence-corrected chi connectivity index (χ3v) is 6.80. The van der Waals surface area contributed by atoms with Gasteiger partial charge >= 0.3 is 0 Å². The van der Waals surface area contributed by atoms with Crippen LogP contribution in [0.4, 0.5) is 0 Å². The average Bonchev–Trinajstić information content (AvgIpc) is 2.48. The van der Waals surface area contributed by atoms with Crippen LogP contribution in [-0.4, -0.2) is 42.3 Å². The van der Waals surface area contributed by atoms with Gasteiger partial charge in [0, 0.05) is 41.9 Å². The van der Waals surface area contributed by atoms with Crippen LogP contribution in [0.1, 0.15) is 25.3 Å². The van der Waals surface area contributed by atoms with Crippen LogP contribution in [0.15, 0.2) is 30.3 Å². The van der Waals surface area contributed by atoms with Gasteiger partial charge in [-0.05, 0) is 24.3 Å². The number of nitrogens with zero attached hydrogens (tertiary/aromatic N) is 1. The largest absolute Gasteiger partial charge is 0.279 e. The lowest BCUT2D eigenvalue weighted by molar-refractivity contribution is 0.285. The number of benzene rings is 1. The van der Waals surface area contributed by atoms with E-state index in [0.717, 1.165) is 18.4 Å². The number of hydrogen-bond donors (Lipinski definition) is 1. The van der Waals surface area contributed by atoms with E-state index in [4.69, 9.17) is 0 Å². The Morgan fingerprint density at radius 3 is 2.50 bits per heavy atom. The summed E-state index contributed by atoms with van der Waals surface area (Å²) in [5.41, 5.74) is 1.01. The summed E-state index contributed by atoms with van der Waals surface area (Å²) in [7, 11) is -4.49. The van der Waals surface area contributed by atoms with Crippen LogP contribution < -0.4 is 4.72 Å². The van der Waals surface area contributed by atoms with Gasteiger partial charge in [-0.15, -0.1) is 0 Å². The Labute approximate surface area is 135 Å². The second-order valence-corrected chi connectivity index (χ2v) is 9.09. The van der Waals surface area contributed by atoms with Gasteiger partial charge in [0.15, 0.2) is 0 Å². The fraction of sp³-hybridized carbons (Fsp3) is 0.600. The molecule has 0 spiro atoms. The van der Waals surface area contributed by atoms with Gasteiger partial charge in [0.2, 0.25) is 0 Å². The Balaban J connectivity index is 1.74. The molecule has 1 aliphatic heterocycles. The molecule has 2 rings (SSSR count). The first-order valence-electron chi connectivity index (χ1n) is 7.61. The minimum absolute atomic E-state index is 0.216. The second-order valence-electron chi connectivity index (χ2n) is 5.75. The van der Waals surface area contributed by atoms with Gasteiger partial charge in [0.25, 0.3) is 10.2 Å². The third kappa shape index (κ3) is 5.46. The second kappa shape index (κ2) is 8.19. The van der Waals surface area contributed by atoms with Crippen molar-refractivity contribution in [1.82, 2.24) is 9.03 Å². The van der Waals surface area contributed by atoms with Crippen molar-refractivity contribution in [1.29, 1.82) is 0 Å². The first-order valence-corrected chi connectivity index (χ1v) is 10.5. The highest BCUT2D eigenvalue weighted by Crippen LogP contribution is 2.17. The maximum atomic E-state index is 12.1. The third-order valence-electron chi connectivity index (χ3n) is 3.87. The molecule has 1 saturated heterocycles. The van der Waals surface area contributed by atoms with Crippen molar-refractivity contribution in [2.75, 3.05) is 25.4 Å². The molecular weight excluding hydrogens is 320 g/mol. The van der Waals surface area contributed by atoms with Crippen molar-refractivity contribution < 1.29 is 12.6 Å². The molecule has 1 heterocycles. The first-order chi connectivity index (χ1) is 10.5. The predicted octanol–water partition coefficient (Wildman–Crippen LogP) is 1.50. The first kappa shape index (κ1) is 17.6. The van der Waals surface area contributed by atoms with Crippen LogP contribution >= 0.6 is 0 Å². The van der Waals surface area contributed by atoms with Crippen molar-refractivity contribution >= 4 is 21.0 Å². The van der Waals surface area contributed by atoms with E-state index in [1.807, 2.05) is 30.3 Å². The fourth-order valence-corrected chi connectivity index (χ4v) is 4.83. The Morgan fingerprint density at radius 1 is 1.23 bits per heavy atom. The lowest BCUT2D eigenvalue weighted by atomic mass is 10.0. The summed E-state index contributed by atoms with van der Waals surface area (Å²) in [4.78, 5) is 0. The zero-order chi connectivity index (χ0) is 16.0. The van der Waals surface area contributed by atoms with Crippen LogP contribution in [-0.2, 0) is 26.8 Å². The fourth-order valence-electron chi connectivity index (χ4n) is 2.43. The number of piperidine rings is 1. The van der Waals surface area contributed by atoms with Crippen molar-refractivity contribution in [2.45, 2.75) is 25.5 Å². The molecule has 1 unspecified atom stereocenters. The Kier molecular flexibility index (Phi) is 6.55. The summed E-state index contributed by atoms with van der Waals surface area (Å²) < 4.78 is 40.3. The van der Waals surface area contributed by atoms with Gasteiger partial charge in [-0.25, -0.2) is 4.72 Å². The van der Waals surface area contributed by atoms with E-state index in [1.165, 1.54) is 4.31 Å². The summed E-state index contributed by atoms with van der Waals surface area (Å²) in [5, 5.41) is 0. The van der Waals surface area contributed by atoms with Crippen LogP contribution in [0.5, 0.6) is 0 Å². The molecular formula is C15H24N2O3S2. The van der Waals surface area contributed by atoms with Crippen molar-refractivity contribution in [3.8, 4) is 0 Å². The van der Waals surface area contributed by atoms with E-state index in [0.29, 0.717) is 30.5 Å². The standard InChI is InChI=1S/C15H24N2O3S2/c1-14-7-10-17(11-8-14)22(19,20)16-9-12-21(18)13-15-5-3-2-4-6-15/h2-6,14,16H,7-13H2,1H3. The molecule has 1 aromatic rings. The normalized spacial score (nSPS) is 19.1. The quantitative estimate of drug-likeness (QED) is 0.815. The maximum absolute atomic E-state index is 12.1. The van der Waals surface area contributed by atoms with Gasteiger partial charge in [-0.2, -0.15) is 12.7 Å². The molecule has 22 heavy (non-hydrogen) atoms. The summed E-state index contributed by atoms with van der Waals surface area (Å²) >= 11 is 0. The van der Waals surface area contributed by atoms with E-state index in [-0.39, 0.29) is 6.54 Å². The highest BCUT2D eigenvalue weighted by atomic mass is 32.2. The van der Waals surface area contributed by atoms with Gasteiger partial charge in [-0.1, -0.05) is 37.3 Å². The van der Waals surface area contributed by atoms with Gasteiger partial charge in [-0.3, -0.25) is 4.21 Å². The molecule has 5 nitrogen and oxygen atoms in total. The SMILES string of the molecule is CC1CCN(S(=O)(=O)NCCS(=O)Cc2ccccc2)CC1. The summed E-state index contributed by atoms with van der Waals surface area (Å²) in [6.45, 7) is 3.51. The van der Waals surface area contributed by atoms with Gasteiger partial charge in [0.1, 0.15) is 0 Å². The molecule has 7 heteroatoms. The number of nitrogens with one attached hydrogen (secondary N) is 1. The highest BCUT2D eigenvalue weighted by molar-refractivity contribution is 7.87. The predicted molar refractivity (Wildman–Crippen MR) is 90.0 cm³/mol. The highest BCUT2D eigenvalue weighted by Gasteiger charge is 2.25. The molecule has 124 valence electrons. The summed E-state index contributed by atoms with van der Waals surface area (Å²) in [6, 6.07) is 9.59. The molecule has 1 atom stereocenters. The zero-order valence-electron chi connectivity index (χ0n) is 12.9. The molecule has 0 radical (unpaired) electrons.